The van der Waals surface area contributed by atoms with E-state index in [0.717, 1.165) is 0 Å². The summed E-state index contributed by atoms with van der Waals surface area (Å²) in [7, 11) is -2.39. The highest BCUT2D eigenvalue weighted by atomic mass is 32.2. The molecule has 0 aliphatic carbocycles. The Hall–Kier alpha value is -2.71. The van der Waals surface area contributed by atoms with E-state index >= 15 is 0 Å². The van der Waals surface area contributed by atoms with Gasteiger partial charge in [0.2, 0.25) is 10.0 Å². The van der Waals surface area contributed by atoms with Crippen molar-refractivity contribution in [2.24, 2.45) is 5.14 Å². The number of sulfonamides is 1. The monoisotopic (exact) mass is 362 g/mol. The Kier molecular flexibility index (Phi) is 4.32. The third kappa shape index (κ3) is 3.26. The first-order valence-electron chi connectivity index (χ1n) is 7.24. The summed E-state index contributed by atoms with van der Waals surface area (Å²) in [5, 5.41) is 9.11. The van der Waals surface area contributed by atoms with Gasteiger partial charge in [-0.3, -0.25) is 0 Å². The van der Waals surface area contributed by atoms with Gasteiger partial charge in [0.25, 0.3) is 0 Å². The van der Waals surface area contributed by atoms with Gasteiger partial charge in [0.05, 0.1) is 17.6 Å². The van der Waals surface area contributed by atoms with Crippen LogP contribution in [0.3, 0.4) is 0 Å². The Bertz CT molecular complexity index is 1030. The van der Waals surface area contributed by atoms with Crippen LogP contribution < -0.4 is 9.88 Å². The highest BCUT2D eigenvalue weighted by Crippen LogP contribution is 2.35. The Morgan fingerprint density at radius 3 is 2.32 bits per heavy atom. The number of nitrogens with zero attached hydrogens (tertiary/aromatic N) is 1. The van der Waals surface area contributed by atoms with Gasteiger partial charge in [-0.1, -0.05) is 17.3 Å². The normalized spacial score (nSPS) is 11.5. The zero-order valence-corrected chi connectivity index (χ0v) is 14.3. The molecule has 6 nitrogen and oxygen atoms in total. The van der Waals surface area contributed by atoms with Gasteiger partial charge in [-0.2, -0.15) is 0 Å². The van der Waals surface area contributed by atoms with Crippen molar-refractivity contribution >= 4 is 10.0 Å². The smallest absolute Gasteiger partial charge is 0.238 e. The topological polar surface area (TPSA) is 95.4 Å². The molecule has 0 aliphatic rings. The lowest BCUT2D eigenvalue weighted by Gasteiger charge is -2.06. The molecule has 0 saturated heterocycles. The Labute approximate surface area is 144 Å². The summed E-state index contributed by atoms with van der Waals surface area (Å²) in [6, 6.07) is 10.5. The third-order valence-corrected chi connectivity index (χ3v) is 4.69. The van der Waals surface area contributed by atoms with Gasteiger partial charge in [0.1, 0.15) is 11.5 Å². The molecule has 1 heterocycles. The van der Waals surface area contributed by atoms with E-state index in [1.807, 2.05) is 0 Å². The second-order valence-electron chi connectivity index (χ2n) is 5.38. The van der Waals surface area contributed by atoms with Crippen LogP contribution in [0.25, 0.3) is 22.4 Å². The molecule has 0 unspecified atom stereocenters. The van der Waals surface area contributed by atoms with Gasteiger partial charge in [0.15, 0.2) is 11.6 Å². The summed E-state index contributed by atoms with van der Waals surface area (Å²) in [5.41, 5.74) is 2.28. The van der Waals surface area contributed by atoms with Gasteiger partial charge in [-0.15, -0.1) is 0 Å². The zero-order chi connectivity index (χ0) is 18.2. The lowest BCUT2D eigenvalue weighted by atomic mass is 9.99. The van der Waals surface area contributed by atoms with Crippen LogP contribution in [-0.4, -0.2) is 20.7 Å². The van der Waals surface area contributed by atoms with E-state index in [9.17, 15) is 12.8 Å². The predicted molar refractivity (Wildman–Crippen MR) is 90.0 cm³/mol. The number of aromatic nitrogens is 1. The number of hydrogen-bond acceptors (Lipinski definition) is 5. The van der Waals surface area contributed by atoms with Crippen LogP contribution >= 0.6 is 0 Å². The Balaban J connectivity index is 2.10. The van der Waals surface area contributed by atoms with Crippen molar-refractivity contribution in [1.82, 2.24) is 5.16 Å². The summed E-state index contributed by atoms with van der Waals surface area (Å²) in [5.74, 6) is 0.133. The standard InChI is InChI=1S/C17H15FN2O4S/c1-10-16(11-3-6-13(7-4-11)25(19,21)22)17(20-24-10)12-5-8-15(23-2)14(18)9-12/h3-9H,1-2H3,(H2,19,21,22). The van der Waals surface area contributed by atoms with Crippen molar-refractivity contribution in [1.29, 1.82) is 0 Å². The summed E-state index contributed by atoms with van der Waals surface area (Å²) >= 11 is 0. The lowest BCUT2D eigenvalue weighted by Crippen LogP contribution is -2.11. The minimum Gasteiger partial charge on any atom is -0.494 e. The molecule has 0 fully saturated rings. The first kappa shape index (κ1) is 17.1. The van der Waals surface area contributed by atoms with E-state index in [2.05, 4.69) is 5.16 Å². The Morgan fingerprint density at radius 1 is 1.12 bits per heavy atom. The summed E-state index contributed by atoms with van der Waals surface area (Å²) in [4.78, 5) is 0.00222. The van der Waals surface area contributed by atoms with Gasteiger partial charge >= 0.3 is 0 Å². The molecule has 0 spiro atoms. The van der Waals surface area contributed by atoms with E-state index < -0.39 is 15.8 Å². The summed E-state index contributed by atoms with van der Waals surface area (Å²) < 4.78 is 46.9. The van der Waals surface area contributed by atoms with E-state index in [4.69, 9.17) is 14.4 Å². The van der Waals surface area contributed by atoms with Gasteiger partial charge < -0.3 is 9.26 Å². The molecule has 0 bridgehead atoms. The molecule has 0 saturated carbocycles. The number of ether oxygens (including phenoxy) is 1. The van der Waals surface area contributed by atoms with E-state index in [1.165, 1.54) is 31.4 Å². The van der Waals surface area contributed by atoms with E-state index in [0.29, 0.717) is 28.1 Å². The number of halogens is 1. The minimum absolute atomic E-state index is 0.00222. The highest BCUT2D eigenvalue weighted by Gasteiger charge is 2.18. The number of primary sulfonamides is 1. The fourth-order valence-electron chi connectivity index (χ4n) is 2.53. The number of aryl methyl sites for hydroxylation is 1. The molecule has 2 N–H and O–H groups in total. The summed E-state index contributed by atoms with van der Waals surface area (Å²) in [6.45, 7) is 1.72. The van der Waals surface area contributed by atoms with Crippen molar-refractivity contribution in [2.45, 2.75) is 11.8 Å². The number of methoxy groups -OCH3 is 1. The van der Waals surface area contributed by atoms with Crippen molar-refractivity contribution in [3.8, 4) is 28.1 Å². The SMILES string of the molecule is COc1ccc(-c2noc(C)c2-c2ccc(S(N)(=O)=O)cc2)cc1F. The molecule has 1 aromatic heterocycles. The largest absolute Gasteiger partial charge is 0.494 e. The maximum absolute atomic E-state index is 14.0. The van der Waals surface area contributed by atoms with Crippen LogP contribution in [0.5, 0.6) is 5.75 Å². The first-order chi connectivity index (χ1) is 11.8. The molecule has 3 aromatic rings. The molecule has 0 atom stereocenters. The second-order valence-corrected chi connectivity index (χ2v) is 6.94. The van der Waals surface area contributed by atoms with Crippen LogP contribution in [-0.2, 0) is 10.0 Å². The van der Waals surface area contributed by atoms with Gasteiger partial charge in [-0.25, -0.2) is 17.9 Å². The fourth-order valence-corrected chi connectivity index (χ4v) is 3.05. The highest BCUT2D eigenvalue weighted by molar-refractivity contribution is 7.89. The molecular weight excluding hydrogens is 347 g/mol. The predicted octanol–water partition coefficient (Wildman–Crippen LogP) is 3.11. The van der Waals surface area contributed by atoms with E-state index in [-0.39, 0.29) is 10.6 Å². The maximum Gasteiger partial charge on any atom is 0.238 e. The Morgan fingerprint density at radius 2 is 1.76 bits per heavy atom. The van der Waals surface area contributed by atoms with Crippen molar-refractivity contribution in [3.05, 3.63) is 54.0 Å². The average molecular weight is 362 g/mol. The molecule has 130 valence electrons. The quantitative estimate of drug-likeness (QED) is 0.769. The van der Waals surface area contributed by atoms with Crippen molar-refractivity contribution in [2.75, 3.05) is 7.11 Å². The lowest BCUT2D eigenvalue weighted by molar-refractivity contribution is 0.386. The average Bonchev–Trinajstić information content (AvgIpc) is 2.95. The number of nitrogens with two attached hydrogens (primary N) is 1. The molecule has 3 rings (SSSR count). The number of hydrogen-bond donors (Lipinski definition) is 1. The number of benzene rings is 2. The molecule has 8 heteroatoms. The van der Waals surface area contributed by atoms with Crippen LogP contribution in [0.2, 0.25) is 0 Å². The van der Waals surface area contributed by atoms with E-state index in [1.54, 1.807) is 25.1 Å². The maximum atomic E-state index is 14.0. The first-order valence-corrected chi connectivity index (χ1v) is 8.79. The van der Waals surface area contributed by atoms with Crippen molar-refractivity contribution in [3.63, 3.8) is 0 Å². The van der Waals surface area contributed by atoms with Gasteiger partial charge in [-0.05, 0) is 42.8 Å². The molecule has 0 aliphatic heterocycles. The second kappa shape index (κ2) is 6.30. The molecule has 25 heavy (non-hydrogen) atoms. The third-order valence-electron chi connectivity index (χ3n) is 3.76. The number of rotatable bonds is 4. The summed E-state index contributed by atoms with van der Waals surface area (Å²) in [6.07, 6.45) is 0. The fraction of sp³-hybridized carbons (Fsp3) is 0.118. The zero-order valence-electron chi connectivity index (χ0n) is 13.5. The van der Waals surface area contributed by atoms with Crippen LogP contribution in [0.1, 0.15) is 5.76 Å². The molecule has 0 amide bonds. The molecule has 0 radical (unpaired) electrons. The van der Waals surface area contributed by atoms with Crippen LogP contribution in [0.4, 0.5) is 4.39 Å². The minimum atomic E-state index is -3.78. The van der Waals surface area contributed by atoms with Gasteiger partial charge in [0, 0.05) is 5.56 Å². The van der Waals surface area contributed by atoms with Crippen LogP contribution in [0, 0.1) is 12.7 Å². The van der Waals surface area contributed by atoms with Crippen molar-refractivity contribution < 1.29 is 22.1 Å². The molecule has 2 aromatic carbocycles. The van der Waals surface area contributed by atoms with Crippen LogP contribution in [0.15, 0.2) is 51.9 Å². The molecular formula is C17H15FN2O4S.